The smallest absolute Gasteiger partial charge is 0.161 e. The lowest BCUT2D eigenvalue weighted by Gasteiger charge is -2.39. The molecule has 1 atom stereocenters. The van der Waals surface area contributed by atoms with Crippen molar-refractivity contribution in [2.45, 2.75) is 24.5 Å². The molecule has 3 aromatic rings. The molecule has 164 valence electrons. The van der Waals surface area contributed by atoms with E-state index in [4.69, 9.17) is 9.47 Å². The minimum Gasteiger partial charge on any atom is -0.487 e. The zero-order valence-corrected chi connectivity index (χ0v) is 17.7. The van der Waals surface area contributed by atoms with Crippen molar-refractivity contribution in [3.05, 3.63) is 72.9 Å². The Balaban J connectivity index is 1.30. The molecule has 6 nitrogen and oxygen atoms in total. The second kappa shape index (κ2) is 9.56. The second-order valence-electron chi connectivity index (χ2n) is 8.09. The van der Waals surface area contributed by atoms with E-state index in [0.717, 1.165) is 16.5 Å². The van der Waals surface area contributed by atoms with Crippen LogP contribution in [0.1, 0.15) is 18.4 Å². The van der Waals surface area contributed by atoms with Gasteiger partial charge < -0.3 is 29.6 Å². The van der Waals surface area contributed by atoms with Crippen LogP contribution in [0.25, 0.3) is 10.9 Å². The lowest BCUT2D eigenvalue weighted by Crippen LogP contribution is -2.46. The van der Waals surface area contributed by atoms with E-state index in [9.17, 15) is 10.2 Å². The number of aliphatic hydroxyl groups excluding tert-OH is 1. The standard InChI is InChI=1S/C25H30N2O4/c1-2-16-30-23-8-3-4-9-24(23)31-18-19(28)17-27-14-11-25(29,12-15-27)21-6-5-7-22-20(21)10-13-26-22/h2-10,13,19,26,28-29H,1,11-12,14-18H2. The lowest BCUT2D eigenvalue weighted by atomic mass is 9.83. The highest BCUT2D eigenvalue weighted by Gasteiger charge is 2.35. The SMILES string of the molecule is C=CCOc1ccccc1OCC(O)CN1CCC(O)(c2cccc3[nH]ccc23)CC1. The van der Waals surface area contributed by atoms with E-state index < -0.39 is 11.7 Å². The van der Waals surface area contributed by atoms with Crippen LogP contribution in [0.15, 0.2) is 67.4 Å². The summed E-state index contributed by atoms with van der Waals surface area (Å²) in [6, 6.07) is 15.5. The number of nitrogens with zero attached hydrogens (tertiary/aromatic N) is 1. The minimum absolute atomic E-state index is 0.178. The number of ether oxygens (including phenoxy) is 2. The number of H-pyrrole nitrogens is 1. The van der Waals surface area contributed by atoms with E-state index in [-0.39, 0.29) is 6.61 Å². The number of β-amino-alcohol motifs (C(OH)–C–C–N with tert-alkyl or cyclic N) is 1. The zero-order chi connectivity index (χ0) is 21.7. The minimum atomic E-state index is -0.846. The first-order chi connectivity index (χ1) is 15.1. The summed E-state index contributed by atoms with van der Waals surface area (Å²) in [6.45, 7) is 6.16. The van der Waals surface area contributed by atoms with Gasteiger partial charge in [-0.15, -0.1) is 0 Å². The third-order valence-corrected chi connectivity index (χ3v) is 5.89. The number of benzene rings is 2. The van der Waals surface area contributed by atoms with Crippen LogP contribution in [0.2, 0.25) is 0 Å². The number of piperidine rings is 1. The summed E-state index contributed by atoms with van der Waals surface area (Å²) in [5, 5.41) is 22.9. The quantitative estimate of drug-likeness (QED) is 0.461. The number of aromatic amines is 1. The Kier molecular flexibility index (Phi) is 6.61. The van der Waals surface area contributed by atoms with Gasteiger partial charge >= 0.3 is 0 Å². The third-order valence-electron chi connectivity index (χ3n) is 5.89. The summed E-state index contributed by atoms with van der Waals surface area (Å²) < 4.78 is 11.4. The molecule has 3 N–H and O–H groups in total. The van der Waals surface area contributed by atoms with Crippen LogP contribution in [-0.2, 0) is 5.60 Å². The van der Waals surface area contributed by atoms with Crippen LogP contribution in [0.4, 0.5) is 0 Å². The highest BCUT2D eigenvalue weighted by molar-refractivity contribution is 5.83. The maximum absolute atomic E-state index is 11.3. The topological polar surface area (TPSA) is 77.9 Å². The van der Waals surface area contributed by atoms with Crippen LogP contribution < -0.4 is 9.47 Å². The summed E-state index contributed by atoms with van der Waals surface area (Å²) in [4.78, 5) is 5.39. The summed E-state index contributed by atoms with van der Waals surface area (Å²) >= 11 is 0. The molecule has 1 unspecified atom stereocenters. The van der Waals surface area contributed by atoms with E-state index in [1.165, 1.54) is 0 Å². The Labute approximate surface area is 182 Å². The molecule has 2 aromatic carbocycles. The number of aliphatic hydroxyl groups is 2. The van der Waals surface area contributed by atoms with Gasteiger partial charge in [0, 0.05) is 36.7 Å². The van der Waals surface area contributed by atoms with E-state index in [0.29, 0.717) is 50.6 Å². The molecule has 0 saturated carbocycles. The van der Waals surface area contributed by atoms with Gasteiger partial charge in [0.25, 0.3) is 0 Å². The number of hydrogen-bond donors (Lipinski definition) is 3. The Bertz CT molecular complexity index is 1010. The van der Waals surface area contributed by atoms with E-state index in [1.54, 1.807) is 6.08 Å². The summed E-state index contributed by atoms with van der Waals surface area (Å²) in [7, 11) is 0. The van der Waals surface area contributed by atoms with E-state index in [1.807, 2.05) is 54.7 Å². The van der Waals surface area contributed by atoms with Crippen LogP contribution >= 0.6 is 0 Å². The Hall–Kier alpha value is -2.80. The van der Waals surface area contributed by atoms with E-state index >= 15 is 0 Å². The molecule has 31 heavy (non-hydrogen) atoms. The molecule has 0 spiro atoms. The number of rotatable bonds is 9. The van der Waals surface area contributed by atoms with Crippen molar-refractivity contribution in [2.75, 3.05) is 32.8 Å². The molecule has 2 heterocycles. The highest BCUT2D eigenvalue weighted by atomic mass is 16.5. The largest absolute Gasteiger partial charge is 0.487 e. The van der Waals surface area contributed by atoms with Crippen molar-refractivity contribution in [1.82, 2.24) is 9.88 Å². The maximum Gasteiger partial charge on any atom is 0.161 e. The molecule has 1 fully saturated rings. The van der Waals surface area contributed by atoms with Crippen LogP contribution in [-0.4, -0.2) is 59.0 Å². The van der Waals surface area contributed by atoms with Crippen LogP contribution in [0.3, 0.4) is 0 Å². The molecule has 4 rings (SSSR count). The number of para-hydroxylation sites is 2. The van der Waals surface area contributed by atoms with Gasteiger partial charge in [0.1, 0.15) is 19.3 Å². The fourth-order valence-corrected chi connectivity index (χ4v) is 4.24. The zero-order valence-electron chi connectivity index (χ0n) is 17.7. The van der Waals surface area contributed by atoms with Crippen molar-refractivity contribution < 1.29 is 19.7 Å². The monoisotopic (exact) mass is 422 g/mol. The van der Waals surface area contributed by atoms with Gasteiger partial charge in [-0.25, -0.2) is 0 Å². The van der Waals surface area contributed by atoms with Gasteiger partial charge in [-0.3, -0.25) is 0 Å². The van der Waals surface area contributed by atoms with Gasteiger partial charge in [-0.2, -0.15) is 0 Å². The molecule has 0 aliphatic carbocycles. The van der Waals surface area contributed by atoms with Crippen molar-refractivity contribution in [3.8, 4) is 11.5 Å². The Morgan fingerprint density at radius 1 is 1.06 bits per heavy atom. The normalized spacial score (nSPS) is 17.4. The summed E-state index contributed by atoms with van der Waals surface area (Å²) in [5.74, 6) is 1.24. The van der Waals surface area contributed by atoms with Gasteiger partial charge in [-0.05, 0) is 42.7 Å². The van der Waals surface area contributed by atoms with Crippen LogP contribution in [0, 0.1) is 0 Å². The molecular formula is C25H30N2O4. The van der Waals surface area contributed by atoms with Crippen molar-refractivity contribution >= 4 is 10.9 Å². The molecular weight excluding hydrogens is 392 g/mol. The summed E-state index contributed by atoms with van der Waals surface area (Å²) in [6.07, 6.45) is 4.21. The first-order valence-electron chi connectivity index (χ1n) is 10.7. The van der Waals surface area contributed by atoms with Crippen molar-refractivity contribution in [2.24, 2.45) is 0 Å². The Morgan fingerprint density at radius 3 is 2.55 bits per heavy atom. The van der Waals surface area contributed by atoms with Gasteiger partial charge in [0.2, 0.25) is 0 Å². The summed E-state index contributed by atoms with van der Waals surface area (Å²) in [5.41, 5.74) is 1.17. The van der Waals surface area contributed by atoms with Crippen LogP contribution in [0.5, 0.6) is 11.5 Å². The van der Waals surface area contributed by atoms with Gasteiger partial charge in [-0.1, -0.05) is 36.9 Å². The first-order valence-corrected chi connectivity index (χ1v) is 10.7. The third kappa shape index (κ3) is 4.93. The molecule has 1 aliphatic rings. The number of nitrogens with one attached hydrogen (secondary N) is 1. The number of fused-ring (bicyclic) bond motifs is 1. The molecule has 1 aliphatic heterocycles. The van der Waals surface area contributed by atoms with E-state index in [2.05, 4.69) is 16.5 Å². The molecule has 1 aromatic heterocycles. The number of hydrogen-bond acceptors (Lipinski definition) is 5. The average Bonchev–Trinajstić information content (AvgIpc) is 3.27. The molecule has 0 amide bonds. The number of aromatic nitrogens is 1. The molecule has 1 saturated heterocycles. The predicted molar refractivity (Wildman–Crippen MR) is 122 cm³/mol. The average molecular weight is 423 g/mol. The number of likely N-dealkylation sites (tertiary alicyclic amines) is 1. The molecule has 6 heteroatoms. The van der Waals surface area contributed by atoms with Crippen molar-refractivity contribution in [1.29, 1.82) is 0 Å². The maximum atomic E-state index is 11.3. The fraction of sp³-hybridized carbons (Fsp3) is 0.360. The molecule has 0 radical (unpaired) electrons. The predicted octanol–water partition coefficient (Wildman–Crippen LogP) is 3.46. The second-order valence-corrected chi connectivity index (χ2v) is 8.09. The highest BCUT2D eigenvalue weighted by Crippen LogP contribution is 2.36. The Morgan fingerprint density at radius 2 is 1.81 bits per heavy atom. The van der Waals surface area contributed by atoms with Gasteiger partial charge in [0.15, 0.2) is 11.5 Å². The lowest BCUT2D eigenvalue weighted by molar-refractivity contribution is -0.0363. The fourth-order valence-electron chi connectivity index (χ4n) is 4.24. The first kappa shape index (κ1) is 21.4. The van der Waals surface area contributed by atoms with Crippen molar-refractivity contribution in [3.63, 3.8) is 0 Å². The molecule has 0 bridgehead atoms. The van der Waals surface area contributed by atoms with Gasteiger partial charge in [0.05, 0.1) is 5.60 Å².